The fraction of sp³-hybridized carbons (Fsp3) is 0.545. The van der Waals surface area contributed by atoms with E-state index in [1.54, 1.807) is 0 Å². The van der Waals surface area contributed by atoms with E-state index in [1.165, 1.54) is 31.4 Å². The van der Waals surface area contributed by atoms with Crippen LogP contribution in [0.1, 0.15) is 24.8 Å². The molecule has 2 rings (SSSR count). The molecule has 2 heterocycles. The average molecular weight is 301 g/mol. The third-order valence-electron chi connectivity index (χ3n) is 3.27. The summed E-state index contributed by atoms with van der Waals surface area (Å²) in [6.45, 7) is 2.28. The molecule has 0 amide bonds. The monoisotopic (exact) mass is 299 g/mol. The minimum Gasteiger partial charge on any atom is -1.00 e. The molecule has 1 fully saturated rings. The fourth-order valence-corrected chi connectivity index (χ4v) is 2.55. The highest BCUT2D eigenvalue weighted by Crippen LogP contribution is 2.26. The molecule has 1 atom stereocenters. The molecule has 100 valence electrons. The summed E-state index contributed by atoms with van der Waals surface area (Å²) in [7, 11) is 0. The Hall–Kier alpha value is -0.0600. The van der Waals surface area contributed by atoms with Crippen LogP contribution in [0.3, 0.4) is 0 Å². The SMILES string of the molecule is [Cl-].[Cl-].[Cl-].[NH3+]CCC1(c2ccc[nH+]c2)CCC[NH2+]1. The molecule has 0 spiro atoms. The first kappa shape index (κ1) is 19.3. The molecule has 1 aromatic heterocycles. The van der Waals surface area contributed by atoms with Crippen LogP contribution in [0.4, 0.5) is 0 Å². The molecule has 17 heavy (non-hydrogen) atoms. The summed E-state index contributed by atoms with van der Waals surface area (Å²) in [5.41, 5.74) is 5.74. The second-order valence-corrected chi connectivity index (χ2v) is 4.15. The lowest BCUT2D eigenvalue weighted by atomic mass is 9.86. The smallest absolute Gasteiger partial charge is 0.176 e. The Kier molecular flexibility index (Phi) is 10.2. The molecule has 6 N–H and O–H groups in total. The number of hydrogen-bond acceptors (Lipinski definition) is 0. The van der Waals surface area contributed by atoms with Crippen LogP contribution in [0, 0.1) is 0 Å². The molecule has 1 saturated heterocycles. The lowest BCUT2D eigenvalue weighted by Gasteiger charge is -2.23. The van der Waals surface area contributed by atoms with Gasteiger partial charge >= 0.3 is 0 Å². The van der Waals surface area contributed by atoms with Crippen molar-refractivity contribution in [2.24, 2.45) is 0 Å². The Labute approximate surface area is 121 Å². The lowest BCUT2D eigenvalue weighted by molar-refractivity contribution is -0.720. The van der Waals surface area contributed by atoms with Gasteiger partial charge in [-0.3, -0.25) is 0 Å². The molecule has 0 bridgehead atoms. The predicted octanol–water partition coefficient (Wildman–Crippen LogP) is -10.3. The standard InChI is InChI=1S/C11H17N3.3ClH/c12-6-5-11(4-2-8-14-11)10-3-1-7-13-9-10;;;/h1,3,7,9,14H,2,4-6,8,12H2;3*1H. The van der Waals surface area contributed by atoms with Gasteiger partial charge in [-0.15, -0.1) is 0 Å². The van der Waals surface area contributed by atoms with Gasteiger partial charge in [-0.05, 0) is 6.07 Å². The molecule has 3 nitrogen and oxygen atoms in total. The first-order chi connectivity index (χ1) is 6.87. The minimum atomic E-state index is 0. The number of aromatic amines is 1. The minimum absolute atomic E-state index is 0. The summed E-state index contributed by atoms with van der Waals surface area (Å²) >= 11 is 0. The van der Waals surface area contributed by atoms with Crippen molar-refractivity contribution in [3.63, 3.8) is 0 Å². The lowest BCUT2D eigenvalue weighted by Crippen LogP contribution is -3.00. The van der Waals surface area contributed by atoms with Crippen LogP contribution in [0.5, 0.6) is 0 Å². The quantitative estimate of drug-likeness (QED) is 0.557. The topological polar surface area (TPSA) is 58.4 Å². The van der Waals surface area contributed by atoms with Crippen molar-refractivity contribution in [2.75, 3.05) is 13.1 Å². The van der Waals surface area contributed by atoms with Crippen LogP contribution >= 0.6 is 0 Å². The summed E-state index contributed by atoms with van der Waals surface area (Å²) in [4.78, 5) is 3.18. The molecular weight excluding hydrogens is 281 g/mol. The molecule has 1 aliphatic heterocycles. The number of pyridine rings is 1. The van der Waals surface area contributed by atoms with Crippen LogP contribution in [-0.2, 0) is 5.54 Å². The molecular formula is C11H20Cl3N3. The third kappa shape index (κ3) is 4.27. The zero-order valence-electron chi connectivity index (χ0n) is 9.76. The Balaban J connectivity index is 0. The van der Waals surface area contributed by atoms with Crippen molar-refractivity contribution in [1.29, 1.82) is 0 Å². The summed E-state index contributed by atoms with van der Waals surface area (Å²) in [6.07, 6.45) is 7.91. The summed E-state index contributed by atoms with van der Waals surface area (Å²) in [5, 5.41) is 2.49. The predicted molar refractivity (Wildman–Crippen MR) is 53.1 cm³/mol. The second-order valence-electron chi connectivity index (χ2n) is 4.15. The van der Waals surface area contributed by atoms with Crippen LogP contribution < -0.4 is 53.3 Å². The summed E-state index contributed by atoms with van der Waals surface area (Å²) in [6, 6.07) is 4.32. The number of rotatable bonds is 3. The van der Waals surface area contributed by atoms with Gasteiger partial charge in [0.15, 0.2) is 12.4 Å². The van der Waals surface area contributed by atoms with Crippen molar-refractivity contribution in [3.8, 4) is 0 Å². The van der Waals surface area contributed by atoms with Gasteiger partial charge in [0.05, 0.1) is 25.1 Å². The highest BCUT2D eigenvalue weighted by Gasteiger charge is 2.40. The van der Waals surface area contributed by atoms with E-state index in [0.29, 0.717) is 5.54 Å². The Morgan fingerprint density at radius 1 is 1.35 bits per heavy atom. The van der Waals surface area contributed by atoms with Crippen molar-refractivity contribution >= 4 is 0 Å². The van der Waals surface area contributed by atoms with E-state index in [0.717, 1.165) is 6.54 Å². The van der Waals surface area contributed by atoms with Crippen molar-refractivity contribution in [1.82, 2.24) is 0 Å². The van der Waals surface area contributed by atoms with Crippen molar-refractivity contribution in [2.45, 2.75) is 24.8 Å². The van der Waals surface area contributed by atoms with Gasteiger partial charge in [0.1, 0.15) is 5.54 Å². The number of nitrogens with one attached hydrogen (secondary N) is 1. The normalized spacial score (nSPS) is 21.9. The maximum atomic E-state index is 3.99. The van der Waals surface area contributed by atoms with Gasteiger partial charge in [-0.2, -0.15) is 0 Å². The Morgan fingerprint density at radius 2 is 2.12 bits per heavy atom. The molecule has 0 saturated carbocycles. The third-order valence-corrected chi connectivity index (χ3v) is 3.27. The highest BCUT2D eigenvalue weighted by atomic mass is 35.5. The van der Waals surface area contributed by atoms with E-state index in [1.807, 2.05) is 6.20 Å². The van der Waals surface area contributed by atoms with Crippen LogP contribution in [0.25, 0.3) is 0 Å². The van der Waals surface area contributed by atoms with Gasteiger partial charge in [0.2, 0.25) is 0 Å². The number of quaternary nitrogens is 2. The molecule has 0 aromatic carbocycles. The van der Waals surface area contributed by atoms with E-state index in [9.17, 15) is 0 Å². The number of H-pyrrole nitrogens is 1. The van der Waals surface area contributed by atoms with E-state index >= 15 is 0 Å². The molecule has 6 heteroatoms. The Bertz CT molecular complexity index is 289. The first-order valence-electron chi connectivity index (χ1n) is 5.48. The van der Waals surface area contributed by atoms with Crippen LogP contribution in [-0.4, -0.2) is 13.1 Å². The van der Waals surface area contributed by atoms with Crippen molar-refractivity contribution in [3.05, 3.63) is 30.1 Å². The van der Waals surface area contributed by atoms with Gasteiger partial charge in [0, 0.05) is 18.9 Å². The zero-order valence-corrected chi connectivity index (χ0v) is 12.0. The number of hydrogen-bond donors (Lipinski definition) is 2. The molecule has 0 radical (unpaired) electrons. The Morgan fingerprint density at radius 3 is 2.59 bits per heavy atom. The van der Waals surface area contributed by atoms with Gasteiger partial charge in [0.25, 0.3) is 0 Å². The van der Waals surface area contributed by atoms with E-state index < -0.39 is 0 Å². The maximum Gasteiger partial charge on any atom is 0.176 e. The van der Waals surface area contributed by atoms with Crippen LogP contribution in [0.2, 0.25) is 0 Å². The van der Waals surface area contributed by atoms with Gasteiger partial charge in [-0.25, -0.2) is 4.98 Å². The molecule has 1 aliphatic rings. The summed E-state index contributed by atoms with van der Waals surface area (Å²) < 4.78 is 0. The van der Waals surface area contributed by atoms with Gasteiger partial charge in [-0.1, -0.05) is 0 Å². The molecule has 1 aromatic rings. The number of aromatic nitrogens is 1. The first-order valence-corrected chi connectivity index (χ1v) is 5.48. The molecule has 1 unspecified atom stereocenters. The van der Waals surface area contributed by atoms with E-state index in [2.05, 4.69) is 34.4 Å². The van der Waals surface area contributed by atoms with E-state index in [4.69, 9.17) is 0 Å². The molecule has 0 aliphatic carbocycles. The fourth-order valence-electron chi connectivity index (χ4n) is 2.55. The highest BCUT2D eigenvalue weighted by molar-refractivity contribution is 5.15. The van der Waals surface area contributed by atoms with Crippen molar-refractivity contribution < 1.29 is 53.3 Å². The second kappa shape index (κ2) is 8.95. The number of nitrogens with two attached hydrogens (primary N) is 1. The zero-order chi connectivity index (χ0) is 9.86. The van der Waals surface area contributed by atoms with Gasteiger partial charge < -0.3 is 48.3 Å². The maximum absolute atomic E-state index is 3.99. The largest absolute Gasteiger partial charge is 1.00 e. The number of halogens is 3. The average Bonchev–Trinajstić information content (AvgIpc) is 2.70. The summed E-state index contributed by atoms with van der Waals surface area (Å²) in [5.74, 6) is 0. The van der Waals surface area contributed by atoms with E-state index in [-0.39, 0.29) is 37.2 Å². The van der Waals surface area contributed by atoms with Crippen LogP contribution in [0.15, 0.2) is 24.5 Å².